The number of carbonyl (C=O) groups excluding carboxylic acids is 1. The molecule has 0 amide bonds. The van der Waals surface area contributed by atoms with Crippen LogP contribution in [0.2, 0.25) is 0 Å². The van der Waals surface area contributed by atoms with Gasteiger partial charge in [-0.05, 0) is 26.7 Å². The quantitative estimate of drug-likeness (QED) is 0.621. The fourth-order valence-corrected chi connectivity index (χ4v) is 1.29. The summed E-state index contributed by atoms with van der Waals surface area (Å²) in [6.07, 6.45) is 0.982. The molecule has 0 aliphatic carbocycles. The number of cyclic esters (lactones) is 1. The Bertz CT molecular complexity index is 206. The molecule has 1 rings (SSSR count). The monoisotopic (exact) mass is 188 g/mol. The summed E-state index contributed by atoms with van der Waals surface area (Å²) in [6, 6.07) is 0. The minimum Gasteiger partial charge on any atom is -0.463 e. The van der Waals surface area contributed by atoms with Crippen molar-refractivity contribution in [3.8, 4) is 0 Å². The van der Waals surface area contributed by atoms with Gasteiger partial charge in [-0.1, -0.05) is 0 Å². The van der Waals surface area contributed by atoms with Gasteiger partial charge >= 0.3 is 5.97 Å². The third-order valence-electron chi connectivity index (χ3n) is 2.28. The molecule has 0 bridgehead atoms. The summed E-state index contributed by atoms with van der Waals surface area (Å²) >= 11 is 0. The van der Waals surface area contributed by atoms with E-state index in [1.807, 2.05) is 0 Å². The summed E-state index contributed by atoms with van der Waals surface area (Å²) in [5.74, 6) is -0.559. The lowest BCUT2D eigenvalue weighted by atomic mass is 9.90. The smallest absolute Gasteiger partial charge is 0.338 e. The summed E-state index contributed by atoms with van der Waals surface area (Å²) in [5.41, 5.74) is -2.21. The summed E-state index contributed by atoms with van der Waals surface area (Å²) in [5, 5.41) is 19.2. The Morgan fingerprint density at radius 1 is 1.62 bits per heavy atom. The number of hydrogen-bond acceptors (Lipinski definition) is 4. The van der Waals surface area contributed by atoms with E-state index < -0.39 is 17.2 Å². The molecule has 13 heavy (non-hydrogen) atoms. The molecule has 0 aromatic heterocycles. The Kier molecular flexibility index (Phi) is 2.63. The average molecular weight is 188 g/mol. The Hall–Kier alpha value is -0.610. The van der Waals surface area contributed by atoms with Gasteiger partial charge in [0.15, 0.2) is 5.60 Å². The normalized spacial score (nSPS) is 29.1. The van der Waals surface area contributed by atoms with Crippen LogP contribution < -0.4 is 0 Å². The lowest BCUT2D eigenvalue weighted by Crippen LogP contribution is -2.36. The van der Waals surface area contributed by atoms with Crippen LogP contribution in [0, 0.1) is 0 Å². The first-order valence-electron chi connectivity index (χ1n) is 4.45. The molecule has 1 aliphatic heterocycles. The lowest BCUT2D eigenvalue weighted by molar-refractivity contribution is -0.154. The SMILES string of the molecule is CC(C)(O)CC[C@@]1(O)CCOC1=O. The van der Waals surface area contributed by atoms with Gasteiger partial charge in [0, 0.05) is 6.42 Å². The van der Waals surface area contributed by atoms with Crippen molar-refractivity contribution in [1.82, 2.24) is 0 Å². The molecule has 1 fully saturated rings. The van der Waals surface area contributed by atoms with Crippen molar-refractivity contribution in [2.75, 3.05) is 6.61 Å². The predicted molar refractivity (Wildman–Crippen MR) is 46.1 cm³/mol. The minimum atomic E-state index is -1.36. The number of aliphatic hydroxyl groups is 2. The van der Waals surface area contributed by atoms with Gasteiger partial charge in [-0.2, -0.15) is 0 Å². The molecular weight excluding hydrogens is 172 g/mol. The zero-order chi connectivity index (χ0) is 10.1. The molecule has 0 aromatic rings. The van der Waals surface area contributed by atoms with Gasteiger partial charge < -0.3 is 14.9 Å². The molecule has 0 unspecified atom stereocenters. The van der Waals surface area contributed by atoms with Crippen LogP contribution in [-0.4, -0.2) is 34.0 Å². The van der Waals surface area contributed by atoms with Crippen molar-refractivity contribution in [3.63, 3.8) is 0 Å². The molecule has 4 nitrogen and oxygen atoms in total. The number of ether oxygens (including phenoxy) is 1. The molecule has 0 radical (unpaired) electrons. The first kappa shape index (κ1) is 10.5. The molecule has 1 aliphatic rings. The second kappa shape index (κ2) is 3.27. The van der Waals surface area contributed by atoms with Crippen molar-refractivity contribution in [2.45, 2.75) is 44.3 Å². The van der Waals surface area contributed by atoms with E-state index in [2.05, 4.69) is 4.74 Å². The van der Waals surface area contributed by atoms with Crippen molar-refractivity contribution in [2.24, 2.45) is 0 Å². The predicted octanol–water partition coefficient (Wildman–Crippen LogP) is 0.215. The molecule has 1 heterocycles. The van der Waals surface area contributed by atoms with Crippen LogP contribution in [0.15, 0.2) is 0 Å². The van der Waals surface area contributed by atoms with Crippen LogP contribution in [0.25, 0.3) is 0 Å². The lowest BCUT2D eigenvalue weighted by Gasteiger charge is -2.23. The molecule has 0 aromatic carbocycles. The van der Waals surface area contributed by atoms with E-state index in [0.29, 0.717) is 12.8 Å². The van der Waals surface area contributed by atoms with Crippen LogP contribution >= 0.6 is 0 Å². The van der Waals surface area contributed by atoms with Gasteiger partial charge in [0.05, 0.1) is 12.2 Å². The van der Waals surface area contributed by atoms with E-state index >= 15 is 0 Å². The van der Waals surface area contributed by atoms with Gasteiger partial charge in [0.1, 0.15) is 0 Å². The van der Waals surface area contributed by atoms with Gasteiger partial charge in [0.25, 0.3) is 0 Å². The van der Waals surface area contributed by atoms with Gasteiger partial charge in [-0.3, -0.25) is 0 Å². The van der Waals surface area contributed by atoms with E-state index in [9.17, 15) is 15.0 Å². The Morgan fingerprint density at radius 3 is 2.62 bits per heavy atom. The van der Waals surface area contributed by atoms with Crippen LogP contribution in [0.4, 0.5) is 0 Å². The maximum absolute atomic E-state index is 11.1. The van der Waals surface area contributed by atoms with E-state index in [4.69, 9.17) is 0 Å². The third kappa shape index (κ3) is 2.67. The van der Waals surface area contributed by atoms with Crippen LogP contribution in [0.1, 0.15) is 33.1 Å². The summed E-state index contributed by atoms with van der Waals surface area (Å²) in [6.45, 7) is 3.58. The Morgan fingerprint density at radius 2 is 2.23 bits per heavy atom. The van der Waals surface area contributed by atoms with Gasteiger partial charge in [-0.25, -0.2) is 4.79 Å². The van der Waals surface area contributed by atoms with Gasteiger partial charge in [0.2, 0.25) is 0 Å². The molecule has 1 saturated heterocycles. The molecule has 1 atom stereocenters. The largest absolute Gasteiger partial charge is 0.463 e. The van der Waals surface area contributed by atoms with Crippen molar-refractivity contribution >= 4 is 5.97 Å². The highest BCUT2D eigenvalue weighted by molar-refractivity contribution is 5.80. The van der Waals surface area contributed by atoms with Crippen LogP contribution in [0.5, 0.6) is 0 Å². The fraction of sp³-hybridized carbons (Fsp3) is 0.889. The van der Waals surface area contributed by atoms with Gasteiger partial charge in [-0.15, -0.1) is 0 Å². The Labute approximate surface area is 77.5 Å². The number of rotatable bonds is 3. The third-order valence-corrected chi connectivity index (χ3v) is 2.28. The summed E-state index contributed by atoms with van der Waals surface area (Å²) in [4.78, 5) is 11.1. The zero-order valence-electron chi connectivity index (χ0n) is 8.04. The molecule has 0 spiro atoms. The van der Waals surface area contributed by atoms with Crippen molar-refractivity contribution in [3.05, 3.63) is 0 Å². The number of esters is 1. The van der Waals surface area contributed by atoms with Crippen molar-refractivity contribution in [1.29, 1.82) is 0 Å². The molecule has 76 valence electrons. The number of carbonyl (C=O) groups is 1. The molecule has 2 N–H and O–H groups in total. The van der Waals surface area contributed by atoms with Crippen LogP contribution in [0.3, 0.4) is 0 Å². The molecule has 0 saturated carbocycles. The second-order valence-electron chi connectivity index (χ2n) is 4.23. The maximum atomic E-state index is 11.1. The minimum absolute atomic E-state index is 0.259. The van der Waals surface area contributed by atoms with E-state index in [1.165, 1.54) is 0 Å². The van der Waals surface area contributed by atoms with E-state index in [-0.39, 0.29) is 13.0 Å². The van der Waals surface area contributed by atoms with Crippen molar-refractivity contribution < 1.29 is 19.7 Å². The number of hydrogen-bond donors (Lipinski definition) is 2. The summed E-state index contributed by atoms with van der Waals surface area (Å²) in [7, 11) is 0. The first-order chi connectivity index (χ1) is 5.83. The Balaban J connectivity index is 2.48. The molecular formula is C9H16O4. The maximum Gasteiger partial charge on any atom is 0.338 e. The van der Waals surface area contributed by atoms with E-state index in [1.54, 1.807) is 13.8 Å². The summed E-state index contributed by atoms with van der Waals surface area (Å²) < 4.78 is 4.66. The highest BCUT2D eigenvalue weighted by atomic mass is 16.6. The van der Waals surface area contributed by atoms with E-state index in [0.717, 1.165) is 0 Å². The topological polar surface area (TPSA) is 66.8 Å². The average Bonchev–Trinajstić information content (AvgIpc) is 2.29. The highest BCUT2D eigenvalue weighted by Gasteiger charge is 2.42. The zero-order valence-corrected chi connectivity index (χ0v) is 8.04. The second-order valence-corrected chi connectivity index (χ2v) is 4.23. The molecule has 4 heteroatoms. The first-order valence-corrected chi connectivity index (χ1v) is 4.45. The highest BCUT2D eigenvalue weighted by Crippen LogP contribution is 2.27. The standard InChI is InChI=1S/C9H16O4/c1-8(2,11)3-4-9(12)5-6-13-7(9)10/h11-12H,3-6H2,1-2H3/t9-/m1/s1. The van der Waals surface area contributed by atoms with Crippen LogP contribution in [-0.2, 0) is 9.53 Å². The fourth-order valence-electron chi connectivity index (χ4n) is 1.29.